The fourth-order valence-electron chi connectivity index (χ4n) is 4.86. The number of fused-ring (bicyclic) bond motifs is 1. The van der Waals surface area contributed by atoms with E-state index in [-0.39, 0.29) is 11.4 Å². The fourth-order valence-corrected chi connectivity index (χ4v) is 4.86. The number of aromatic amines is 1. The topological polar surface area (TPSA) is 49.0 Å². The summed E-state index contributed by atoms with van der Waals surface area (Å²) in [5, 5.41) is 0. The second kappa shape index (κ2) is 7.52. The van der Waals surface area contributed by atoms with Crippen LogP contribution in [0.4, 0.5) is 4.39 Å². The third-order valence-electron chi connectivity index (χ3n) is 6.95. The first-order valence-corrected chi connectivity index (χ1v) is 10.9. The van der Waals surface area contributed by atoms with Gasteiger partial charge in [0, 0.05) is 25.1 Å². The van der Waals surface area contributed by atoms with Gasteiger partial charge in [0.05, 0.1) is 5.69 Å². The van der Waals surface area contributed by atoms with Gasteiger partial charge in [0.15, 0.2) is 0 Å². The number of rotatable bonds is 5. The number of benzene rings is 1. The van der Waals surface area contributed by atoms with Gasteiger partial charge in [-0.15, -0.1) is 0 Å². The van der Waals surface area contributed by atoms with Crippen LogP contribution < -0.4 is 5.56 Å². The van der Waals surface area contributed by atoms with Crippen LogP contribution in [0, 0.1) is 11.2 Å². The largest absolute Gasteiger partial charge is 0.310 e. The maximum Gasteiger partial charge on any atom is 0.254 e. The van der Waals surface area contributed by atoms with Crippen LogP contribution in [0.25, 0.3) is 5.57 Å². The van der Waals surface area contributed by atoms with Gasteiger partial charge in [0.1, 0.15) is 11.6 Å². The Morgan fingerprint density at radius 3 is 2.69 bits per heavy atom. The van der Waals surface area contributed by atoms with Crippen LogP contribution in [0.1, 0.15) is 54.7 Å². The molecule has 1 aromatic carbocycles. The highest BCUT2D eigenvalue weighted by molar-refractivity contribution is 5.66. The van der Waals surface area contributed by atoms with Gasteiger partial charge in [-0.25, -0.2) is 9.37 Å². The smallest absolute Gasteiger partial charge is 0.254 e. The Kier molecular flexibility index (Phi) is 4.86. The van der Waals surface area contributed by atoms with Crippen molar-refractivity contribution < 1.29 is 4.39 Å². The summed E-state index contributed by atoms with van der Waals surface area (Å²) in [5.74, 6) is 0.660. The minimum atomic E-state index is -0.187. The molecule has 0 radical (unpaired) electrons. The van der Waals surface area contributed by atoms with E-state index in [1.54, 1.807) is 0 Å². The molecule has 1 saturated carbocycles. The second-order valence-electron chi connectivity index (χ2n) is 9.01. The first-order chi connectivity index (χ1) is 14.1. The SMILES string of the molecule is O=c1[nH]c(CCCN2CC=C(c3ccc(F)cc3)CC2)nc2c1CC1(CC2)CC1. The van der Waals surface area contributed by atoms with Crippen LogP contribution in [-0.2, 0) is 19.3 Å². The lowest BCUT2D eigenvalue weighted by Crippen LogP contribution is -2.30. The molecule has 152 valence electrons. The average molecular weight is 394 g/mol. The van der Waals surface area contributed by atoms with Crippen molar-refractivity contribution in [2.45, 2.75) is 51.4 Å². The molecule has 3 aliphatic rings. The van der Waals surface area contributed by atoms with Gasteiger partial charge in [-0.3, -0.25) is 9.69 Å². The minimum absolute atomic E-state index is 0.0980. The van der Waals surface area contributed by atoms with E-state index in [9.17, 15) is 9.18 Å². The Balaban J connectivity index is 1.15. The lowest BCUT2D eigenvalue weighted by atomic mass is 9.84. The predicted octanol–water partition coefficient (Wildman–Crippen LogP) is 3.90. The van der Waals surface area contributed by atoms with E-state index in [1.165, 1.54) is 37.0 Å². The van der Waals surface area contributed by atoms with E-state index in [2.05, 4.69) is 16.0 Å². The molecule has 4 nitrogen and oxygen atoms in total. The van der Waals surface area contributed by atoms with Gasteiger partial charge in [0.2, 0.25) is 0 Å². The van der Waals surface area contributed by atoms with Crippen molar-refractivity contribution in [1.82, 2.24) is 14.9 Å². The molecular weight excluding hydrogens is 365 g/mol. The number of nitrogens with zero attached hydrogens (tertiary/aromatic N) is 2. The number of hydrogen-bond donors (Lipinski definition) is 1. The molecule has 0 amide bonds. The molecule has 1 N–H and O–H groups in total. The van der Waals surface area contributed by atoms with Gasteiger partial charge in [-0.2, -0.15) is 0 Å². The molecule has 1 fully saturated rings. The predicted molar refractivity (Wildman–Crippen MR) is 112 cm³/mol. The highest BCUT2D eigenvalue weighted by Gasteiger charge is 2.45. The van der Waals surface area contributed by atoms with E-state index in [1.807, 2.05) is 12.1 Å². The van der Waals surface area contributed by atoms with E-state index >= 15 is 0 Å². The molecule has 5 heteroatoms. The lowest BCUT2D eigenvalue weighted by molar-refractivity contribution is 0.297. The zero-order valence-electron chi connectivity index (χ0n) is 16.8. The molecule has 1 spiro atoms. The molecule has 5 rings (SSSR count). The van der Waals surface area contributed by atoms with Gasteiger partial charge >= 0.3 is 0 Å². The monoisotopic (exact) mass is 393 g/mol. The summed E-state index contributed by atoms with van der Waals surface area (Å²) in [4.78, 5) is 22.8. The number of nitrogens with one attached hydrogen (secondary N) is 1. The van der Waals surface area contributed by atoms with Crippen molar-refractivity contribution in [3.05, 3.63) is 69.2 Å². The highest BCUT2D eigenvalue weighted by Crippen LogP contribution is 2.53. The minimum Gasteiger partial charge on any atom is -0.310 e. The molecule has 0 bridgehead atoms. The molecule has 0 unspecified atom stereocenters. The van der Waals surface area contributed by atoms with Gasteiger partial charge in [0.25, 0.3) is 5.56 Å². The van der Waals surface area contributed by atoms with Crippen molar-refractivity contribution >= 4 is 5.57 Å². The molecule has 0 saturated heterocycles. The Hall–Kier alpha value is -2.27. The molecule has 2 heterocycles. The Morgan fingerprint density at radius 1 is 1.14 bits per heavy atom. The summed E-state index contributed by atoms with van der Waals surface area (Å²) >= 11 is 0. The van der Waals surface area contributed by atoms with Crippen molar-refractivity contribution in [3.8, 4) is 0 Å². The first kappa shape index (κ1) is 18.7. The zero-order valence-corrected chi connectivity index (χ0v) is 16.8. The van der Waals surface area contributed by atoms with Gasteiger partial charge < -0.3 is 4.98 Å². The van der Waals surface area contributed by atoms with E-state index < -0.39 is 0 Å². The van der Waals surface area contributed by atoms with E-state index in [0.29, 0.717) is 5.41 Å². The fraction of sp³-hybridized carbons (Fsp3) is 0.500. The highest BCUT2D eigenvalue weighted by atomic mass is 19.1. The number of aromatic nitrogens is 2. The summed E-state index contributed by atoms with van der Waals surface area (Å²) in [5.41, 5.74) is 4.96. The summed E-state index contributed by atoms with van der Waals surface area (Å²) in [6.07, 6.45) is 10.7. The van der Waals surface area contributed by atoms with Gasteiger partial charge in [-0.05, 0) is 80.2 Å². The number of aryl methyl sites for hydroxylation is 2. The first-order valence-electron chi connectivity index (χ1n) is 10.9. The van der Waals surface area contributed by atoms with Crippen molar-refractivity contribution in [1.29, 1.82) is 0 Å². The number of H-pyrrole nitrogens is 1. The lowest BCUT2D eigenvalue weighted by Gasteiger charge is -2.26. The molecule has 2 aliphatic carbocycles. The third-order valence-corrected chi connectivity index (χ3v) is 6.95. The molecular formula is C24H28FN3O. The van der Waals surface area contributed by atoms with Crippen LogP contribution in [0.2, 0.25) is 0 Å². The van der Waals surface area contributed by atoms with Crippen LogP contribution in [-0.4, -0.2) is 34.5 Å². The van der Waals surface area contributed by atoms with Crippen LogP contribution >= 0.6 is 0 Å². The quantitative estimate of drug-likeness (QED) is 0.838. The van der Waals surface area contributed by atoms with E-state index in [4.69, 9.17) is 4.98 Å². The Bertz CT molecular complexity index is 988. The standard InChI is InChI=1S/C24H28FN3O/c25-19-5-3-17(4-6-19)18-8-14-28(15-9-18)13-1-2-22-26-21-7-10-24(11-12-24)16-20(21)23(29)27-22/h3-6,8H,1-2,7,9-16H2,(H,26,27,29). The number of hydrogen-bond acceptors (Lipinski definition) is 3. The molecule has 0 atom stereocenters. The van der Waals surface area contributed by atoms with Crippen LogP contribution in [0.3, 0.4) is 0 Å². The summed E-state index contributed by atoms with van der Waals surface area (Å²) in [7, 11) is 0. The molecule has 2 aromatic rings. The molecule has 1 aliphatic heterocycles. The van der Waals surface area contributed by atoms with Gasteiger partial charge in [-0.1, -0.05) is 18.2 Å². The maximum absolute atomic E-state index is 13.1. The van der Waals surface area contributed by atoms with Crippen molar-refractivity contribution in [2.75, 3.05) is 19.6 Å². The third kappa shape index (κ3) is 4.06. The van der Waals surface area contributed by atoms with Crippen LogP contribution in [0.5, 0.6) is 0 Å². The second-order valence-corrected chi connectivity index (χ2v) is 9.01. The maximum atomic E-state index is 13.1. The Morgan fingerprint density at radius 2 is 1.97 bits per heavy atom. The van der Waals surface area contributed by atoms with Crippen molar-refractivity contribution in [2.24, 2.45) is 5.41 Å². The zero-order chi connectivity index (χ0) is 19.8. The summed E-state index contributed by atoms with van der Waals surface area (Å²) in [6.45, 7) is 2.93. The van der Waals surface area contributed by atoms with Crippen molar-refractivity contribution in [3.63, 3.8) is 0 Å². The molecule has 29 heavy (non-hydrogen) atoms. The average Bonchev–Trinajstić information content (AvgIpc) is 3.49. The molecule has 1 aromatic heterocycles. The Labute approximate surface area is 170 Å². The van der Waals surface area contributed by atoms with Crippen LogP contribution in [0.15, 0.2) is 35.1 Å². The summed E-state index contributed by atoms with van der Waals surface area (Å²) < 4.78 is 13.1. The summed E-state index contributed by atoms with van der Waals surface area (Å²) in [6, 6.07) is 6.78. The van der Waals surface area contributed by atoms with E-state index in [0.717, 1.165) is 74.4 Å². The normalized spacial score (nSPS) is 20.4. The number of halogens is 1.